The Morgan fingerprint density at radius 3 is 2.72 bits per heavy atom. The first-order valence-corrected chi connectivity index (χ1v) is 12.5. The zero-order valence-corrected chi connectivity index (χ0v) is 21.5. The zero-order chi connectivity index (χ0) is 26.9. The van der Waals surface area contributed by atoms with Gasteiger partial charge in [-0.15, -0.1) is 5.10 Å². The standard InChI is InChI=1S/C30H26N8O/c1-19(34-30(39)25-28(31)36-38-15-7-14-32-29(25)38)24-16-23-11-6-10-22(13-12-20-17-33-37(2)18-20)26(23)35-27(24)21-8-4-3-5-9-21/h3-19H,1-2H3,(H2,31,36)(H,34,39)/b13-12+. The fourth-order valence-electron chi connectivity index (χ4n) is 4.71. The molecule has 6 aromatic rings. The van der Waals surface area contributed by atoms with Crippen LogP contribution in [0.2, 0.25) is 0 Å². The summed E-state index contributed by atoms with van der Waals surface area (Å²) in [5.41, 5.74) is 12.3. The van der Waals surface area contributed by atoms with Gasteiger partial charge in [0.25, 0.3) is 5.91 Å². The Morgan fingerprint density at radius 1 is 1.08 bits per heavy atom. The largest absolute Gasteiger partial charge is 0.381 e. The molecule has 9 heteroatoms. The highest BCUT2D eigenvalue weighted by atomic mass is 16.1. The van der Waals surface area contributed by atoms with Crippen LogP contribution in [0.15, 0.2) is 85.5 Å². The second-order valence-corrected chi connectivity index (χ2v) is 9.34. The van der Waals surface area contributed by atoms with Crippen molar-refractivity contribution in [3.63, 3.8) is 0 Å². The molecular weight excluding hydrogens is 488 g/mol. The van der Waals surface area contributed by atoms with Crippen molar-refractivity contribution in [1.29, 1.82) is 0 Å². The van der Waals surface area contributed by atoms with E-state index in [0.717, 1.165) is 38.9 Å². The molecule has 0 fully saturated rings. The molecule has 0 radical (unpaired) electrons. The van der Waals surface area contributed by atoms with Gasteiger partial charge in [-0.05, 0) is 19.1 Å². The van der Waals surface area contributed by atoms with Crippen molar-refractivity contribution in [2.24, 2.45) is 7.05 Å². The number of rotatable bonds is 6. The van der Waals surface area contributed by atoms with Gasteiger partial charge in [0, 0.05) is 53.3 Å². The molecule has 1 unspecified atom stereocenters. The van der Waals surface area contributed by atoms with Crippen molar-refractivity contribution in [1.82, 2.24) is 34.7 Å². The molecule has 0 aliphatic rings. The number of nitrogens with one attached hydrogen (secondary N) is 1. The molecule has 0 saturated carbocycles. The number of carbonyl (C=O) groups excluding carboxylic acids is 1. The number of nitrogen functional groups attached to an aromatic ring is 1. The first kappa shape index (κ1) is 24.1. The Bertz CT molecular complexity index is 1850. The predicted octanol–water partition coefficient (Wildman–Crippen LogP) is 4.92. The van der Waals surface area contributed by atoms with Gasteiger partial charge in [0.2, 0.25) is 0 Å². The Hall–Kier alpha value is -5.31. The van der Waals surface area contributed by atoms with E-state index < -0.39 is 0 Å². The van der Waals surface area contributed by atoms with Crippen molar-refractivity contribution in [3.05, 3.63) is 108 Å². The average Bonchev–Trinajstić information content (AvgIpc) is 3.52. The molecule has 0 aliphatic carbocycles. The van der Waals surface area contributed by atoms with Crippen LogP contribution >= 0.6 is 0 Å². The van der Waals surface area contributed by atoms with Crippen molar-refractivity contribution < 1.29 is 4.79 Å². The highest BCUT2D eigenvalue weighted by Crippen LogP contribution is 2.32. The van der Waals surface area contributed by atoms with E-state index in [-0.39, 0.29) is 23.3 Å². The molecule has 4 heterocycles. The number of carbonyl (C=O) groups is 1. The van der Waals surface area contributed by atoms with Crippen molar-refractivity contribution >= 4 is 40.4 Å². The van der Waals surface area contributed by atoms with Crippen LogP contribution in [0.25, 0.3) is 40.0 Å². The summed E-state index contributed by atoms with van der Waals surface area (Å²) in [5, 5.41) is 12.5. The van der Waals surface area contributed by atoms with Crippen molar-refractivity contribution in [2.45, 2.75) is 13.0 Å². The summed E-state index contributed by atoms with van der Waals surface area (Å²) < 4.78 is 3.27. The number of fused-ring (bicyclic) bond motifs is 2. The molecule has 9 nitrogen and oxygen atoms in total. The predicted molar refractivity (Wildman–Crippen MR) is 153 cm³/mol. The van der Waals surface area contributed by atoms with E-state index in [0.29, 0.717) is 5.65 Å². The number of anilines is 1. The first-order valence-electron chi connectivity index (χ1n) is 12.5. The Morgan fingerprint density at radius 2 is 1.92 bits per heavy atom. The lowest BCUT2D eigenvalue weighted by atomic mass is 9.97. The zero-order valence-electron chi connectivity index (χ0n) is 21.5. The minimum Gasteiger partial charge on any atom is -0.381 e. The number of aryl methyl sites for hydroxylation is 1. The molecule has 3 N–H and O–H groups in total. The van der Waals surface area contributed by atoms with Crippen LogP contribution in [0.1, 0.15) is 40.0 Å². The summed E-state index contributed by atoms with van der Waals surface area (Å²) in [5.74, 6) is -0.218. The summed E-state index contributed by atoms with van der Waals surface area (Å²) in [4.78, 5) is 22.8. The Labute approximate surface area is 224 Å². The Balaban J connectivity index is 1.42. The van der Waals surface area contributed by atoms with Gasteiger partial charge >= 0.3 is 0 Å². The van der Waals surface area contributed by atoms with Gasteiger partial charge in [0.1, 0.15) is 5.56 Å². The summed E-state index contributed by atoms with van der Waals surface area (Å²) in [6.45, 7) is 1.94. The SMILES string of the molecule is CC(NC(=O)c1c(N)nn2cccnc12)c1cc2cccc(/C=C/c3cnn(C)c3)c2nc1-c1ccccc1. The summed E-state index contributed by atoms with van der Waals surface area (Å²) >= 11 is 0. The number of para-hydroxylation sites is 1. The smallest absolute Gasteiger partial charge is 0.259 e. The van der Waals surface area contributed by atoms with E-state index >= 15 is 0 Å². The number of hydrogen-bond donors (Lipinski definition) is 2. The maximum absolute atomic E-state index is 13.4. The van der Waals surface area contributed by atoms with Crippen LogP contribution < -0.4 is 11.1 Å². The lowest BCUT2D eigenvalue weighted by Crippen LogP contribution is -2.28. The van der Waals surface area contributed by atoms with Crippen LogP contribution in [0.5, 0.6) is 0 Å². The summed E-state index contributed by atoms with van der Waals surface area (Å²) in [6.07, 6.45) is 11.2. The summed E-state index contributed by atoms with van der Waals surface area (Å²) in [7, 11) is 1.89. The van der Waals surface area contributed by atoms with Gasteiger partial charge in [-0.3, -0.25) is 9.48 Å². The normalized spacial score (nSPS) is 12.4. The number of amides is 1. The molecule has 1 atom stereocenters. The van der Waals surface area contributed by atoms with Gasteiger partial charge < -0.3 is 11.1 Å². The van der Waals surface area contributed by atoms with E-state index in [4.69, 9.17) is 10.7 Å². The molecule has 6 rings (SSSR count). The second-order valence-electron chi connectivity index (χ2n) is 9.34. The Kier molecular flexibility index (Phi) is 6.08. The quantitative estimate of drug-likeness (QED) is 0.326. The minimum absolute atomic E-state index is 0.128. The topological polar surface area (TPSA) is 116 Å². The average molecular weight is 515 g/mol. The lowest BCUT2D eigenvalue weighted by molar-refractivity contribution is 0.0942. The molecule has 1 amide bonds. The number of nitrogens with zero attached hydrogens (tertiary/aromatic N) is 6. The fraction of sp³-hybridized carbons (Fsp3) is 0.100. The molecule has 39 heavy (non-hydrogen) atoms. The van der Waals surface area contributed by atoms with Crippen molar-refractivity contribution in [2.75, 3.05) is 5.73 Å². The van der Waals surface area contributed by atoms with Gasteiger partial charge in [-0.25, -0.2) is 14.5 Å². The molecule has 0 bridgehead atoms. The molecule has 0 spiro atoms. The van der Waals surface area contributed by atoms with Crippen LogP contribution in [-0.4, -0.2) is 35.3 Å². The number of aromatic nitrogens is 6. The van der Waals surface area contributed by atoms with Crippen LogP contribution in [-0.2, 0) is 7.05 Å². The second kappa shape index (κ2) is 9.86. The van der Waals surface area contributed by atoms with Gasteiger partial charge in [0.15, 0.2) is 11.5 Å². The highest BCUT2D eigenvalue weighted by molar-refractivity contribution is 6.04. The van der Waals surface area contributed by atoms with E-state index in [1.54, 1.807) is 23.1 Å². The molecule has 2 aromatic carbocycles. The van der Waals surface area contributed by atoms with Crippen LogP contribution in [0, 0.1) is 0 Å². The molecule has 0 saturated heterocycles. The van der Waals surface area contributed by atoms with Crippen LogP contribution in [0.3, 0.4) is 0 Å². The fourth-order valence-corrected chi connectivity index (χ4v) is 4.71. The molecular formula is C30H26N8O. The first-order chi connectivity index (χ1) is 19.0. The van der Waals surface area contributed by atoms with E-state index in [2.05, 4.69) is 26.6 Å². The van der Waals surface area contributed by atoms with Crippen molar-refractivity contribution in [3.8, 4) is 11.3 Å². The third-order valence-electron chi connectivity index (χ3n) is 6.60. The maximum atomic E-state index is 13.4. The van der Waals surface area contributed by atoms with E-state index in [9.17, 15) is 4.79 Å². The van der Waals surface area contributed by atoms with E-state index in [1.807, 2.05) is 87.0 Å². The van der Waals surface area contributed by atoms with Gasteiger partial charge in [0.05, 0.1) is 23.4 Å². The lowest BCUT2D eigenvalue weighted by Gasteiger charge is -2.19. The third-order valence-corrected chi connectivity index (χ3v) is 6.60. The molecule has 0 aliphatic heterocycles. The third kappa shape index (κ3) is 4.61. The minimum atomic E-state index is -0.378. The highest BCUT2D eigenvalue weighted by Gasteiger charge is 2.23. The van der Waals surface area contributed by atoms with Crippen LogP contribution in [0.4, 0.5) is 5.82 Å². The monoisotopic (exact) mass is 514 g/mol. The summed E-state index contributed by atoms with van der Waals surface area (Å²) in [6, 6.07) is 19.5. The van der Waals surface area contributed by atoms with E-state index in [1.165, 1.54) is 4.52 Å². The maximum Gasteiger partial charge on any atom is 0.259 e. The number of nitrogens with two attached hydrogens (primary N) is 1. The number of hydrogen-bond acceptors (Lipinski definition) is 6. The van der Waals surface area contributed by atoms with Gasteiger partial charge in [-0.1, -0.05) is 60.7 Å². The molecule has 4 aromatic heterocycles. The van der Waals surface area contributed by atoms with Gasteiger partial charge in [-0.2, -0.15) is 5.10 Å². The number of benzene rings is 2. The molecule has 192 valence electrons. The number of pyridine rings is 1.